The van der Waals surface area contributed by atoms with E-state index in [-0.39, 0.29) is 11.9 Å². The molecular weight excluding hydrogens is 469 g/mol. The zero-order valence-corrected chi connectivity index (χ0v) is 20.1. The SMILES string of the molecule is CCCOc1ccc(C2c3c(-c4ccc(Cl)cc4)n[nH]c3C(=O)N2Cc2ccccc2Cl)cc1. The van der Waals surface area contributed by atoms with Crippen molar-refractivity contribution in [3.8, 4) is 17.0 Å². The Morgan fingerprint density at radius 1 is 1.00 bits per heavy atom. The van der Waals surface area contributed by atoms with Crippen LogP contribution in [-0.2, 0) is 6.54 Å². The van der Waals surface area contributed by atoms with Crippen molar-refractivity contribution in [2.45, 2.75) is 25.9 Å². The van der Waals surface area contributed by atoms with E-state index in [9.17, 15) is 4.79 Å². The van der Waals surface area contributed by atoms with Gasteiger partial charge in [-0.3, -0.25) is 9.89 Å². The number of halogens is 2. The number of aromatic amines is 1. The maximum absolute atomic E-state index is 13.6. The Kier molecular flexibility index (Phi) is 6.31. The Morgan fingerprint density at radius 2 is 1.74 bits per heavy atom. The van der Waals surface area contributed by atoms with Gasteiger partial charge in [0.05, 0.1) is 18.3 Å². The number of nitrogens with zero attached hydrogens (tertiary/aromatic N) is 2. The van der Waals surface area contributed by atoms with Crippen LogP contribution in [0.2, 0.25) is 10.0 Å². The second-order valence-corrected chi connectivity index (χ2v) is 9.06. The monoisotopic (exact) mass is 491 g/mol. The molecule has 0 saturated heterocycles. The summed E-state index contributed by atoms with van der Waals surface area (Å²) >= 11 is 12.6. The lowest BCUT2D eigenvalue weighted by atomic mass is 9.96. The maximum atomic E-state index is 13.6. The molecule has 7 heteroatoms. The van der Waals surface area contributed by atoms with E-state index in [2.05, 4.69) is 17.1 Å². The van der Waals surface area contributed by atoms with Crippen molar-refractivity contribution in [1.29, 1.82) is 0 Å². The zero-order valence-electron chi connectivity index (χ0n) is 18.6. The molecule has 0 aliphatic carbocycles. The van der Waals surface area contributed by atoms with E-state index in [0.29, 0.717) is 28.9 Å². The third-order valence-electron chi connectivity index (χ3n) is 5.95. The molecule has 0 spiro atoms. The lowest BCUT2D eigenvalue weighted by Crippen LogP contribution is -2.29. The summed E-state index contributed by atoms with van der Waals surface area (Å²) in [6, 6.07) is 22.7. The Balaban J connectivity index is 1.60. The number of carbonyl (C=O) groups excluding carboxylic acids is 1. The predicted molar refractivity (Wildman–Crippen MR) is 134 cm³/mol. The van der Waals surface area contributed by atoms with Gasteiger partial charge in [-0.25, -0.2) is 0 Å². The quantitative estimate of drug-likeness (QED) is 0.305. The van der Waals surface area contributed by atoms with Gasteiger partial charge in [0.2, 0.25) is 0 Å². The number of hydrogen-bond acceptors (Lipinski definition) is 3. The number of amides is 1. The molecule has 1 N–H and O–H groups in total. The van der Waals surface area contributed by atoms with Gasteiger partial charge >= 0.3 is 0 Å². The van der Waals surface area contributed by atoms with Crippen molar-refractivity contribution < 1.29 is 9.53 Å². The van der Waals surface area contributed by atoms with E-state index in [0.717, 1.165) is 40.1 Å². The molecule has 34 heavy (non-hydrogen) atoms. The summed E-state index contributed by atoms with van der Waals surface area (Å²) in [5.74, 6) is 0.692. The van der Waals surface area contributed by atoms with Crippen LogP contribution in [-0.4, -0.2) is 27.6 Å². The van der Waals surface area contributed by atoms with Crippen molar-refractivity contribution in [2.24, 2.45) is 0 Å². The van der Waals surface area contributed by atoms with Crippen LogP contribution in [0, 0.1) is 0 Å². The Bertz CT molecular complexity index is 1320. The molecule has 1 atom stereocenters. The molecule has 1 aliphatic rings. The van der Waals surface area contributed by atoms with Crippen LogP contribution in [0.1, 0.15) is 46.6 Å². The molecule has 172 valence electrons. The minimum atomic E-state index is -0.330. The summed E-state index contributed by atoms with van der Waals surface area (Å²) in [7, 11) is 0. The second kappa shape index (κ2) is 9.53. The van der Waals surface area contributed by atoms with Gasteiger partial charge in [0.15, 0.2) is 0 Å². The standard InChI is InChI=1S/C27H23Cl2N3O2/c1-2-15-34-21-13-9-18(10-14-21)26-23-24(17-7-11-20(28)12-8-17)30-31-25(23)27(33)32(26)16-19-5-3-4-6-22(19)29/h3-14,26H,2,15-16H2,1H3,(H,30,31). The fraction of sp³-hybridized carbons (Fsp3) is 0.185. The molecule has 5 nitrogen and oxygen atoms in total. The first-order valence-corrected chi connectivity index (χ1v) is 11.9. The van der Waals surface area contributed by atoms with Crippen molar-refractivity contribution in [2.75, 3.05) is 6.61 Å². The average Bonchev–Trinajstić information content (AvgIpc) is 3.39. The minimum absolute atomic E-state index is 0.112. The molecular formula is C27H23Cl2N3O2. The first-order valence-electron chi connectivity index (χ1n) is 11.2. The zero-order chi connectivity index (χ0) is 23.7. The molecule has 1 aromatic heterocycles. The summed E-state index contributed by atoms with van der Waals surface area (Å²) in [5, 5.41) is 8.77. The predicted octanol–water partition coefficient (Wildman–Crippen LogP) is 6.92. The van der Waals surface area contributed by atoms with Crippen LogP contribution < -0.4 is 4.74 Å². The molecule has 2 heterocycles. The van der Waals surface area contributed by atoms with E-state index in [4.69, 9.17) is 27.9 Å². The lowest BCUT2D eigenvalue weighted by molar-refractivity contribution is 0.0730. The minimum Gasteiger partial charge on any atom is -0.494 e. The smallest absolute Gasteiger partial charge is 0.273 e. The molecule has 1 aliphatic heterocycles. The Labute approximate surface area is 208 Å². The summed E-state index contributed by atoms with van der Waals surface area (Å²) in [6.45, 7) is 3.11. The highest BCUT2D eigenvalue weighted by Gasteiger charge is 2.42. The number of nitrogens with one attached hydrogen (secondary N) is 1. The topological polar surface area (TPSA) is 58.2 Å². The van der Waals surface area contributed by atoms with Gasteiger partial charge in [0.1, 0.15) is 11.4 Å². The van der Waals surface area contributed by atoms with Crippen molar-refractivity contribution in [3.63, 3.8) is 0 Å². The van der Waals surface area contributed by atoms with Crippen molar-refractivity contribution in [1.82, 2.24) is 15.1 Å². The van der Waals surface area contributed by atoms with Crippen LogP contribution in [0.3, 0.4) is 0 Å². The average molecular weight is 492 g/mol. The largest absolute Gasteiger partial charge is 0.494 e. The van der Waals surface area contributed by atoms with Crippen LogP contribution in [0.5, 0.6) is 5.75 Å². The van der Waals surface area contributed by atoms with Crippen LogP contribution in [0.4, 0.5) is 0 Å². The molecule has 5 rings (SSSR count). The molecule has 3 aromatic carbocycles. The summed E-state index contributed by atoms with van der Waals surface area (Å²) in [5.41, 5.74) is 4.83. The number of fused-ring (bicyclic) bond motifs is 1. The van der Waals surface area contributed by atoms with Gasteiger partial charge in [0.25, 0.3) is 5.91 Å². The van der Waals surface area contributed by atoms with Gasteiger partial charge in [-0.15, -0.1) is 0 Å². The summed E-state index contributed by atoms with van der Waals surface area (Å²) in [4.78, 5) is 15.4. The number of aromatic nitrogens is 2. The van der Waals surface area contributed by atoms with E-state index < -0.39 is 0 Å². The first-order chi connectivity index (χ1) is 16.6. The van der Waals surface area contributed by atoms with Gasteiger partial charge in [0, 0.05) is 27.7 Å². The van der Waals surface area contributed by atoms with Crippen LogP contribution in [0.25, 0.3) is 11.3 Å². The molecule has 1 amide bonds. The van der Waals surface area contributed by atoms with E-state index in [1.165, 1.54) is 0 Å². The van der Waals surface area contributed by atoms with Gasteiger partial charge in [-0.05, 0) is 47.9 Å². The van der Waals surface area contributed by atoms with Crippen LogP contribution >= 0.6 is 23.2 Å². The molecule has 0 fully saturated rings. The third kappa shape index (κ3) is 4.17. The van der Waals surface area contributed by atoms with Gasteiger partial charge in [-0.1, -0.05) is 72.6 Å². The molecule has 0 radical (unpaired) electrons. The first kappa shape index (κ1) is 22.5. The summed E-state index contributed by atoms with van der Waals surface area (Å²) < 4.78 is 5.76. The highest BCUT2D eigenvalue weighted by Crippen LogP contribution is 2.44. The van der Waals surface area contributed by atoms with Crippen molar-refractivity contribution in [3.05, 3.63) is 105 Å². The number of rotatable bonds is 7. The Hall–Kier alpha value is -3.28. The molecule has 0 bridgehead atoms. The van der Waals surface area contributed by atoms with Gasteiger partial charge < -0.3 is 9.64 Å². The molecule has 1 unspecified atom stereocenters. The van der Waals surface area contributed by atoms with Crippen molar-refractivity contribution >= 4 is 29.1 Å². The lowest BCUT2D eigenvalue weighted by Gasteiger charge is -2.27. The maximum Gasteiger partial charge on any atom is 0.273 e. The molecule has 4 aromatic rings. The third-order valence-corrected chi connectivity index (χ3v) is 6.57. The van der Waals surface area contributed by atoms with Crippen LogP contribution in [0.15, 0.2) is 72.8 Å². The number of ether oxygens (including phenoxy) is 1. The van der Waals surface area contributed by atoms with Gasteiger partial charge in [-0.2, -0.15) is 5.10 Å². The van der Waals surface area contributed by atoms with E-state index in [1.807, 2.05) is 77.7 Å². The number of benzene rings is 3. The second-order valence-electron chi connectivity index (χ2n) is 8.21. The fourth-order valence-corrected chi connectivity index (χ4v) is 4.63. The summed E-state index contributed by atoms with van der Waals surface area (Å²) in [6.07, 6.45) is 0.938. The number of H-pyrrole nitrogens is 1. The number of carbonyl (C=O) groups is 1. The highest BCUT2D eigenvalue weighted by molar-refractivity contribution is 6.31. The van der Waals surface area contributed by atoms with E-state index >= 15 is 0 Å². The normalized spacial score (nSPS) is 15.0. The Morgan fingerprint density at radius 3 is 2.44 bits per heavy atom. The van der Waals surface area contributed by atoms with E-state index in [1.54, 1.807) is 0 Å². The molecule has 0 saturated carbocycles. The fourth-order valence-electron chi connectivity index (χ4n) is 4.31. The highest BCUT2D eigenvalue weighted by atomic mass is 35.5. The number of hydrogen-bond donors (Lipinski definition) is 1.